The number of alkyl halides is 3. The second-order valence-corrected chi connectivity index (χ2v) is 4.85. The summed E-state index contributed by atoms with van der Waals surface area (Å²) in [6.45, 7) is 1.74. The van der Waals surface area contributed by atoms with E-state index in [-0.39, 0.29) is 16.6 Å². The minimum Gasteiger partial charge on any atom is -0.326 e. The predicted octanol–water partition coefficient (Wildman–Crippen LogP) is 2.74. The molecule has 0 atom stereocenters. The van der Waals surface area contributed by atoms with Gasteiger partial charge in [-0.25, -0.2) is 4.98 Å². The molecular formula is C11H11F3N4S. The van der Waals surface area contributed by atoms with Crippen LogP contribution in [0.1, 0.15) is 17.0 Å². The first-order valence-electron chi connectivity index (χ1n) is 5.37. The van der Waals surface area contributed by atoms with E-state index in [1.165, 1.54) is 6.07 Å². The Morgan fingerprint density at radius 1 is 1.37 bits per heavy atom. The molecule has 0 amide bonds. The minimum atomic E-state index is -4.43. The Morgan fingerprint density at radius 3 is 2.63 bits per heavy atom. The molecule has 1 heterocycles. The largest absolute Gasteiger partial charge is 0.417 e. The molecule has 102 valence electrons. The fourth-order valence-corrected chi connectivity index (χ4v) is 2.37. The number of benzene rings is 1. The van der Waals surface area contributed by atoms with Gasteiger partial charge in [0.15, 0.2) is 0 Å². The van der Waals surface area contributed by atoms with Crippen molar-refractivity contribution >= 4 is 11.8 Å². The lowest BCUT2D eigenvalue weighted by Gasteiger charge is -2.12. The maximum Gasteiger partial charge on any atom is 0.417 e. The molecular weight excluding hydrogens is 277 g/mol. The van der Waals surface area contributed by atoms with Gasteiger partial charge >= 0.3 is 6.18 Å². The molecule has 0 saturated heterocycles. The average molecular weight is 288 g/mol. The highest BCUT2D eigenvalue weighted by Crippen LogP contribution is 2.39. The number of H-pyrrole nitrogens is 1. The number of nitrogens with zero attached hydrogens (tertiary/aromatic N) is 2. The van der Waals surface area contributed by atoms with Crippen molar-refractivity contribution in [2.45, 2.75) is 29.7 Å². The summed E-state index contributed by atoms with van der Waals surface area (Å²) in [5, 5.41) is 6.65. The highest BCUT2D eigenvalue weighted by atomic mass is 32.2. The third kappa shape index (κ3) is 3.27. The summed E-state index contributed by atoms with van der Waals surface area (Å²) in [4.78, 5) is 4.03. The van der Waals surface area contributed by atoms with Gasteiger partial charge in [0.05, 0.1) is 5.56 Å². The lowest BCUT2D eigenvalue weighted by molar-refractivity contribution is -0.139. The van der Waals surface area contributed by atoms with Crippen molar-refractivity contribution in [1.29, 1.82) is 0 Å². The Hall–Kier alpha value is -1.54. The summed E-state index contributed by atoms with van der Waals surface area (Å²) in [7, 11) is 0. The zero-order valence-corrected chi connectivity index (χ0v) is 10.8. The van der Waals surface area contributed by atoms with E-state index in [9.17, 15) is 13.2 Å². The first-order chi connectivity index (χ1) is 8.90. The molecule has 0 spiro atoms. The Kier molecular flexibility index (Phi) is 3.81. The number of aromatic nitrogens is 3. The first kappa shape index (κ1) is 13.9. The maximum atomic E-state index is 13.0. The molecule has 3 N–H and O–H groups in total. The normalized spacial score (nSPS) is 11.8. The molecule has 4 nitrogen and oxygen atoms in total. The van der Waals surface area contributed by atoms with E-state index >= 15 is 0 Å². The number of nitrogens with two attached hydrogens (primary N) is 1. The summed E-state index contributed by atoms with van der Waals surface area (Å²) in [6.07, 6.45) is -4.43. The van der Waals surface area contributed by atoms with Crippen LogP contribution in [0, 0.1) is 6.92 Å². The predicted molar refractivity (Wildman–Crippen MR) is 64.6 cm³/mol. The Labute approximate surface area is 111 Å². The average Bonchev–Trinajstić information content (AvgIpc) is 2.74. The molecule has 0 radical (unpaired) electrons. The van der Waals surface area contributed by atoms with E-state index < -0.39 is 11.7 Å². The number of rotatable bonds is 3. The molecule has 8 heteroatoms. The molecule has 1 aromatic heterocycles. The molecule has 2 aromatic rings. The quantitative estimate of drug-likeness (QED) is 0.911. The number of hydrogen-bond acceptors (Lipinski definition) is 4. The van der Waals surface area contributed by atoms with Crippen molar-refractivity contribution in [3.05, 3.63) is 35.2 Å². The molecule has 0 aliphatic heterocycles. The van der Waals surface area contributed by atoms with Gasteiger partial charge in [-0.05, 0) is 36.4 Å². The maximum absolute atomic E-state index is 13.0. The van der Waals surface area contributed by atoms with Crippen LogP contribution in [0.2, 0.25) is 0 Å². The lowest BCUT2D eigenvalue weighted by Crippen LogP contribution is -2.09. The van der Waals surface area contributed by atoms with Crippen LogP contribution in [-0.4, -0.2) is 15.2 Å². The summed E-state index contributed by atoms with van der Waals surface area (Å²) in [6, 6.07) is 4.01. The summed E-state index contributed by atoms with van der Waals surface area (Å²) in [5.41, 5.74) is 5.08. The van der Waals surface area contributed by atoms with E-state index in [4.69, 9.17) is 5.73 Å². The van der Waals surface area contributed by atoms with E-state index in [0.29, 0.717) is 11.4 Å². The van der Waals surface area contributed by atoms with Crippen LogP contribution in [0.25, 0.3) is 0 Å². The van der Waals surface area contributed by atoms with Crippen LogP contribution in [0.5, 0.6) is 0 Å². The minimum absolute atomic E-state index is 0.0590. The Bertz CT molecular complexity index is 580. The van der Waals surface area contributed by atoms with Gasteiger partial charge in [-0.2, -0.15) is 13.2 Å². The lowest BCUT2D eigenvalue weighted by atomic mass is 10.1. The third-order valence-corrected chi connectivity index (χ3v) is 3.30. The topological polar surface area (TPSA) is 67.6 Å². The van der Waals surface area contributed by atoms with Crippen LogP contribution >= 0.6 is 11.8 Å². The van der Waals surface area contributed by atoms with Crippen molar-refractivity contribution in [1.82, 2.24) is 15.2 Å². The van der Waals surface area contributed by atoms with Gasteiger partial charge in [-0.3, -0.25) is 5.10 Å². The third-order valence-electron chi connectivity index (χ3n) is 2.36. The molecule has 2 rings (SSSR count). The molecule has 19 heavy (non-hydrogen) atoms. The van der Waals surface area contributed by atoms with Gasteiger partial charge in [0.2, 0.25) is 5.16 Å². The fourth-order valence-electron chi connectivity index (χ4n) is 1.48. The van der Waals surface area contributed by atoms with E-state index in [1.807, 2.05) is 0 Å². The van der Waals surface area contributed by atoms with Gasteiger partial charge in [-0.15, -0.1) is 5.10 Å². The van der Waals surface area contributed by atoms with Crippen LogP contribution in [0.15, 0.2) is 28.3 Å². The second-order valence-electron chi connectivity index (χ2n) is 3.84. The Balaban J connectivity index is 2.39. The van der Waals surface area contributed by atoms with Gasteiger partial charge in [0, 0.05) is 11.4 Å². The van der Waals surface area contributed by atoms with Crippen LogP contribution in [0.3, 0.4) is 0 Å². The molecule has 0 aliphatic carbocycles. The summed E-state index contributed by atoms with van der Waals surface area (Å²) >= 11 is 0.867. The first-order valence-corrected chi connectivity index (χ1v) is 6.19. The van der Waals surface area contributed by atoms with E-state index in [2.05, 4.69) is 15.2 Å². The van der Waals surface area contributed by atoms with Crippen LogP contribution in [0.4, 0.5) is 13.2 Å². The van der Waals surface area contributed by atoms with E-state index in [0.717, 1.165) is 17.8 Å². The number of nitrogens with one attached hydrogen (secondary N) is 1. The number of aromatic amines is 1. The molecule has 0 saturated carbocycles. The van der Waals surface area contributed by atoms with Gasteiger partial charge in [-0.1, -0.05) is 6.07 Å². The smallest absolute Gasteiger partial charge is 0.326 e. The molecule has 0 aliphatic rings. The molecule has 0 bridgehead atoms. The van der Waals surface area contributed by atoms with Gasteiger partial charge in [0.1, 0.15) is 5.82 Å². The van der Waals surface area contributed by atoms with Crippen molar-refractivity contribution in [2.75, 3.05) is 0 Å². The van der Waals surface area contributed by atoms with Crippen LogP contribution < -0.4 is 5.73 Å². The SMILES string of the molecule is Cc1nc(Sc2ccc(CN)cc2C(F)(F)F)n[nH]1. The zero-order chi connectivity index (χ0) is 14.0. The Morgan fingerprint density at radius 2 is 2.11 bits per heavy atom. The zero-order valence-electron chi connectivity index (χ0n) is 9.95. The van der Waals surface area contributed by atoms with Crippen molar-refractivity contribution in [3.8, 4) is 0 Å². The van der Waals surface area contributed by atoms with Crippen LogP contribution in [-0.2, 0) is 12.7 Å². The monoisotopic (exact) mass is 288 g/mol. The van der Waals surface area contributed by atoms with Gasteiger partial charge in [0.25, 0.3) is 0 Å². The standard InChI is InChI=1S/C11H11F3N4S/c1-6-16-10(18-17-6)19-9-3-2-7(5-15)4-8(9)11(12,13)14/h2-4H,5,15H2,1H3,(H,16,17,18). The molecule has 0 unspecified atom stereocenters. The number of hydrogen-bond donors (Lipinski definition) is 2. The van der Waals surface area contributed by atoms with E-state index in [1.54, 1.807) is 13.0 Å². The molecule has 0 fully saturated rings. The highest BCUT2D eigenvalue weighted by Gasteiger charge is 2.34. The highest BCUT2D eigenvalue weighted by molar-refractivity contribution is 7.99. The summed E-state index contributed by atoms with van der Waals surface area (Å²) < 4.78 is 38.9. The fraction of sp³-hybridized carbons (Fsp3) is 0.273. The van der Waals surface area contributed by atoms with Crippen molar-refractivity contribution in [3.63, 3.8) is 0 Å². The van der Waals surface area contributed by atoms with Gasteiger partial charge < -0.3 is 5.73 Å². The number of halogens is 3. The molecule has 1 aromatic carbocycles. The van der Waals surface area contributed by atoms with Crippen molar-refractivity contribution < 1.29 is 13.2 Å². The summed E-state index contributed by atoms with van der Waals surface area (Å²) in [5.74, 6) is 0.551. The number of aryl methyl sites for hydroxylation is 1. The second kappa shape index (κ2) is 5.22. The van der Waals surface area contributed by atoms with Crippen molar-refractivity contribution in [2.24, 2.45) is 5.73 Å².